The van der Waals surface area contributed by atoms with Crippen LogP contribution in [0.4, 0.5) is 0 Å². The van der Waals surface area contributed by atoms with Gasteiger partial charge in [-0.1, -0.05) is 18.2 Å². The second kappa shape index (κ2) is 5.84. The van der Waals surface area contributed by atoms with E-state index >= 15 is 0 Å². The van der Waals surface area contributed by atoms with Gasteiger partial charge in [0.1, 0.15) is 5.65 Å². The predicted octanol–water partition coefficient (Wildman–Crippen LogP) is 0.444. The van der Waals surface area contributed by atoms with Gasteiger partial charge in [-0.25, -0.2) is 9.67 Å². The van der Waals surface area contributed by atoms with E-state index in [4.69, 9.17) is 0 Å². The van der Waals surface area contributed by atoms with E-state index in [2.05, 4.69) is 20.6 Å². The summed E-state index contributed by atoms with van der Waals surface area (Å²) >= 11 is 0. The van der Waals surface area contributed by atoms with Crippen LogP contribution in [0.5, 0.6) is 0 Å². The maximum absolute atomic E-state index is 12.0. The molecule has 0 aliphatic rings. The molecule has 0 radical (unpaired) electrons. The van der Waals surface area contributed by atoms with Gasteiger partial charge in [-0.3, -0.25) is 9.20 Å². The molecule has 0 amide bonds. The average Bonchev–Trinajstić information content (AvgIpc) is 2.92. The van der Waals surface area contributed by atoms with Crippen molar-refractivity contribution in [3.63, 3.8) is 0 Å². The van der Waals surface area contributed by atoms with Gasteiger partial charge in [0.05, 0.1) is 24.1 Å². The summed E-state index contributed by atoms with van der Waals surface area (Å²) in [4.78, 5) is 16.5. The number of nitrogens with zero attached hydrogens (tertiary/aromatic N) is 5. The standard InChI is InChI=1S/C14H16N6O/c1-2-15-8-12-10-19(18-17-12)9-11-7-14(21)20-6-4-3-5-13(20)16-11/h3-7,10,15H,2,8-9H2,1H3. The van der Waals surface area contributed by atoms with E-state index in [-0.39, 0.29) is 5.56 Å². The summed E-state index contributed by atoms with van der Waals surface area (Å²) in [5.41, 5.74) is 2.08. The lowest BCUT2D eigenvalue weighted by atomic mass is 10.3. The molecule has 0 unspecified atom stereocenters. The fourth-order valence-electron chi connectivity index (χ4n) is 2.10. The summed E-state index contributed by atoms with van der Waals surface area (Å²) in [6.07, 6.45) is 3.57. The Kier molecular flexibility index (Phi) is 3.74. The zero-order chi connectivity index (χ0) is 14.7. The third kappa shape index (κ3) is 2.97. The topological polar surface area (TPSA) is 77.1 Å². The zero-order valence-electron chi connectivity index (χ0n) is 11.7. The molecule has 3 aromatic heterocycles. The Balaban J connectivity index is 1.84. The molecule has 0 aliphatic carbocycles. The van der Waals surface area contributed by atoms with E-state index in [1.807, 2.05) is 25.3 Å². The molecule has 0 saturated carbocycles. The van der Waals surface area contributed by atoms with E-state index in [1.165, 1.54) is 10.5 Å². The summed E-state index contributed by atoms with van der Waals surface area (Å²) in [7, 11) is 0. The number of hydrogen-bond donors (Lipinski definition) is 1. The van der Waals surface area contributed by atoms with Crippen LogP contribution in [0.25, 0.3) is 5.65 Å². The molecular formula is C14H16N6O. The molecule has 1 N–H and O–H groups in total. The molecule has 0 atom stereocenters. The van der Waals surface area contributed by atoms with Crippen molar-refractivity contribution in [3.8, 4) is 0 Å². The predicted molar refractivity (Wildman–Crippen MR) is 78.0 cm³/mol. The number of fused-ring (bicyclic) bond motifs is 1. The molecule has 3 aromatic rings. The van der Waals surface area contributed by atoms with Crippen LogP contribution in [0, 0.1) is 0 Å². The Labute approximate surface area is 121 Å². The average molecular weight is 284 g/mol. The van der Waals surface area contributed by atoms with Gasteiger partial charge in [-0.05, 0) is 18.7 Å². The fourth-order valence-corrected chi connectivity index (χ4v) is 2.10. The van der Waals surface area contributed by atoms with Crippen molar-refractivity contribution in [3.05, 3.63) is 58.4 Å². The third-order valence-corrected chi connectivity index (χ3v) is 3.09. The van der Waals surface area contributed by atoms with Crippen LogP contribution in [-0.2, 0) is 13.1 Å². The minimum atomic E-state index is -0.0939. The first kappa shape index (κ1) is 13.4. The highest BCUT2D eigenvalue weighted by atomic mass is 16.1. The second-order valence-electron chi connectivity index (χ2n) is 4.70. The summed E-state index contributed by atoms with van der Waals surface area (Å²) in [5.74, 6) is 0. The van der Waals surface area contributed by atoms with Crippen LogP contribution < -0.4 is 10.9 Å². The Morgan fingerprint density at radius 2 is 2.19 bits per heavy atom. The minimum Gasteiger partial charge on any atom is -0.311 e. The summed E-state index contributed by atoms with van der Waals surface area (Å²) < 4.78 is 3.20. The molecule has 3 rings (SSSR count). The molecule has 0 aromatic carbocycles. The Morgan fingerprint density at radius 3 is 3.05 bits per heavy atom. The van der Waals surface area contributed by atoms with E-state index in [9.17, 15) is 4.79 Å². The molecule has 0 spiro atoms. The lowest BCUT2D eigenvalue weighted by Gasteiger charge is -2.03. The van der Waals surface area contributed by atoms with Gasteiger partial charge in [0.15, 0.2) is 0 Å². The van der Waals surface area contributed by atoms with Crippen LogP contribution in [-0.4, -0.2) is 30.9 Å². The second-order valence-corrected chi connectivity index (χ2v) is 4.70. The van der Waals surface area contributed by atoms with Crippen molar-refractivity contribution < 1.29 is 0 Å². The SMILES string of the molecule is CCNCc1cn(Cc2cc(=O)n3ccccc3n2)nn1. The van der Waals surface area contributed by atoms with Crippen molar-refractivity contribution in [2.24, 2.45) is 0 Å². The van der Waals surface area contributed by atoms with Gasteiger partial charge in [0.2, 0.25) is 0 Å². The Morgan fingerprint density at radius 1 is 1.29 bits per heavy atom. The van der Waals surface area contributed by atoms with Crippen molar-refractivity contribution in [2.75, 3.05) is 6.54 Å². The van der Waals surface area contributed by atoms with Crippen molar-refractivity contribution in [1.82, 2.24) is 29.7 Å². The van der Waals surface area contributed by atoms with Crippen molar-refractivity contribution in [1.29, 1.82) is 0 Å². The number of pyridine rings is 1. The maximum Gasteiger partial charge on any atom is 0.258 e. The van der Waals surface area contributed by atoms with Crippen LogP contribution in [0.15, 0.2) is 41.5 Å². The molecule has 0 fully saturated rings. The number of nitrogens with one attached hydrogen (secondary N) is 1. The molecule has 0 bridgehead atoms. The first-order valence-corrected chi connectivity index (χ1v) is 6.83. The molecule has 108 valence electrons. The molecular weight excluding hydrogens is 268 g/mol. The maximum atomic E-state index is 12.0. The summed E-state index contributed by atoms with van der Waals surface area (Å²) in [6.45, 7) is 4.04. The quantitative estimate of drug-likeness (QED) is 0.736. The van der Waals surface area contributed by atoms with Crippen LogP contribution in [0.3, 0.4) is 0 Å². The van der Waals surface area contributed by atoms with E-state index < -0.39 is 0 Å². The lowest BCUT2D eigenvalue weighted by molar-refractivity contribution is 0.636. The Hall–Kier alpha value is -2.54. The van der Waals surface area contributed by atoms with Crippen LogP contribution >= 0.6 is 0 Å². The van der Waals surface area contributed by atoms with Gasteiger partial charge >= 0.3 is 0 Å². The molecule has 7 nitrogen and oxygen atoms in total. The molecule has 21 heavy (non-hydrogen) atoms. The van der Waals surface area contributed by atoms with E-state index in [0.29, 0.717) is 24.4 Å². The highest BCUT2D eigenvalue weighted by Crippen LogP contribution is 2.01. The van der Waals surface area contributed by atoms with Gasteiger partial charge in [-0.15, -0.1) is 5.10 Å². The highest BCUT2D eigenvalue weighted by Gasteiger charge is 2.05. The first-order chi connectivity index (χ1) is 10.3. The smallest absolute Gasteiger partial charge is 0.258 e. The monoisotopic (exact) mass is 284 g/mol. The first-order valence-electron chi connectivity index (χ1n) is 6.83. The highest BCUT2D eigenvalue weighted by molar-refractivity contribution is 5.37. The van der Waals surface area contributed by atoms with Crippen molar-refractivity contribution >= 4 is 5.65 Å². The van der Waals surface area contributed by atoms with Crippen molar-refractivity contribution in [2.45, 2.75) is 20.0 Å². The summed E-state index contributed by atoms with van der Waals surface area (Å²) in [5, 5.41) is 11.3. The third-order valence-electron chi connectivity index (χ3n) is 3.09. The van der Waals surface area contributed by atoms with Gasteiger partial charge in [-0.2, -0.15) is 0 Å². The number of aromatic nitrogens is 5. The normalized spacial score (nSPS) is 11.1. The van der Waals surface area contributed by atoms with Crippen LogP contribution in [0.1, 0.15) is 18.3 Å². The zero-order valence-corrected chi connectivity index (χ0v) is 11.7. The largest absolute Gasteiger partial charge is 0.311 e. The number of rotatable bonds is 5. The van der Waals surface area contributed by atoms with E-state index in [0.717, 1.165) is 12.2 Å². The Bertz CT molecular complexity index is 806. The van der Waals surface area contributed by atoms with Gasteiger partial charge in [0.25, 0.3) is 5.56 Å². The molecule has 7 heteroatoms. The minimum absolute atomic E-state index is 0.0939. The van der Waals surface area contributed by atoms with E-state index in [1.54, 1.807) is 16.9 Å². The van der Waals surface area contributed by atoms with Crippen LogP contribution in [0.2, 0.25) is 0 Å². The van der Waals surface area contributed by atoms with Gasteiger partial charge in [0, 0.05) is 18.8 Å². The lowest BCUT2D eigenvalue weighted by Crippen LogP contribution is -2.16. The fraction of sp³-hybridized carbons (Fsp3) is 0.286. The molecule has 0 saturated heterocycles. The number of hydrogen-bond acceptors (Lipinski definition) is 5. The molecule has 0 aliphatic heterocycles. The molecule has 3 heterocycles. The van der Waals surface area contributed by atoms with Gasteiger partial charge < -0.3 is 5.32 Å². The summed E-state index contributed by atoms with van der Waals surface area (Å²) in [6, 6.07) is 7.00.